The highest BCUT2D eigenvalue weighted by molar-refractivity contribution is 6.99. The van der Waals surface area contributed by atoms with Gasteiger partial charge >= 0.3 is 0 Å². The fourth-order valence-corrected chi connectivity index (χ4v) is 6.51. The molecule has 0 atom stereocenters. The van der Waals surface area contributed by atoms with E-state index in [0.717, 1.165) is 0 Å². The minimum Gasteiger partial charge on any atom is -0.344 e. The van der Waals surface area contributed by atoms with Crippen molar-refractivity contribution in [3.05, 3.63) is 89.5 Å². The van der Waals surface area contributed by atoms with Gasteiger partial charge in [0.15, 0.2) is 0 Å². The van der Waals surface area contributed by atoms with Crippen molar-refractivity contribution >= 4 is 44.9 Å². The van der Waals surface area contributed by atoms with Gasteiger partial charge in [0, 0.05) is 28.9 Å². The van der Waals surface area contributed by atoms with Crippen molar-refractivity contribution in [2.75, 3.05) is 0 Å². The van der Waals surface area contributed by atoms with Crippen LogP contribution < -0.4 is 16.4 Å². The average molecular weight is 469 g/mol. The zero-order valence-corrected chi connectivity index (χ0v) is 22.7. The molecule has 0 aliphatic carbocycles. The first kappa shape index (κ1) is 23.2. The largest absolute Gasteiger partial charge is 0.344 e. The van der Waals surface area contributed by atoms with Crippen molar-refractivity contribution in [3.63, 3.8) is 0 Å². The van der Waals surface area contributed by atoms with Gasteiger partial charge in [-0.3, -0.25) is 0 Å². The second kappa shape index (κ2) is 8.41. The first-order valence-corrected chi connectivity index (χ1v) is 13.6. The lowest BCUT2D eigenvalue weighted by Crippen LogP contribution is -2.52. The van der Waals surface area contributed by atoms with Crippen molar-refractivity contribution < 1.29 is 0 Å². The molecule has 0 N–H and O–H groups in total. The van der Waals surface area contributed by atoms with Crippen LogP contribution >= 0.6 is 0 Å². The molecular weight excluding hydrogens is 433 g/mol. The van der Waals surface area contributed by atoms with Gasteiger partial charge in [-0.1, -0.05) is 119 Å². The zero-order chi connectivity index (χ0) is 25.3. The molecule has 6 rings (SSSR count). The molecule has 1 aliphatic heterocycles. The van der Waals surface area contributed by atoms with Gasteiger partial charge in [-0.2, -0.15) is 0 Å². The van der Waals surface area contributed by atoms with E-state index in [4.69, 9.17) is 0 Å². The van der Waals surface area contributed by atoms with Crippen molar-refractivity contribution in [2.24, 2.45) is 7.05 Å². The van der Waals surface area contributed by atoms with Gasteiger partial charge in [0.05, 0.1) is 0 Å². The maximum Gasteiger partial charge on any atom is 0.243 e. The molecule has 0 spiro atoms. The zero-order valence-electron chi connectivity index (χ0n) is 22.7. The van der Waals surface area contributed by atoms with E-state index in [1.54, 1.807) is 0 Å². The summed E-state index contributed by atoms with van der Waals surface area (Å²) >= 11 is 0. The summed E-state index contributed by atoms with van der Waals surface area (Å²) in [5.74, 6) is 1.45. The molecule has 4 aromatic carbocycles. The molecule has 0 saturated heterocycles. The standard InChI is InChI=1S/C34H36BN/c1-20(2)23-16-26(21(3)4)34(27(17-23)22(5)6)35-30-14-10-8-12-24(30)28-19-33-29(18-31(28)35)25-13-9-11-15-32(25)36(33)7/h8-22H,1-7H3. The fourth-order valence-electron chi connectivity index (χ4n) is 6.51. The summed E-state index contributed by atoms with van der Waals surface area (Å²) in [5, 5.41) is 2.71. The van der Waals surface area contributed by atoms with Gasteiger partial charge in [0.1, 0.15) is 0 Å². The Labute approximate surface area is 216 Å². The molecule has 2 heterocycles. The van der Waals surface area contributed by atoms with E-state index in [2.05, 4.69) is 126 Å². The van der Waals surface area contributed by atoms with Gasteiger partial charge < -0.3 is 4.57 Å². The van der Waals surface area contributed by atoms with Crippen molar-refractivity contribution in [2.45, 2.75) is 59.3 Å². The third-order valence-corrected chi connectivity index (χ3v) is 8.42. The average Bonchev–Trinajstić information content (AvgIpc) is 3.33. The summed E-state index contributed by atoms with van der Waals surface area (Å²) < 4.78 is 2.36. The van der Waals surface area contributed by atoms with Gasteiger partial charge in [0.2, 0.25) is 6.71 Å². The fraction of sp³-hybridized carbons (Fsp3) is 0.294. The molecule has 1 aliphatic rings. The van der Waals surface area contributed by atoms with Crippen LogP contribution in [0.1, 0.15) is 76.0 Å². The molecule has 2 heteroatoms. The minimum absolute atomic E-state index is 0.260. The summed E-state index contributed by atoms with van der Waals surface area (Å²) in [5.41, 5.74) is 14.3. The lowest BCUT2D eigenvalue weighted by molar-refractivity contribution is 0.812. The predicted octanol–water partition coefficient (Wildman–Crippen LogP) is 7.20. The van der Waals surface area contributed by atoms with Crippen LogP contribution in [0.4, 0.5) is 0 Å². The van der Waals surface area contributed by atoms with E-state index in [-0.39, 0.29) is 6.71 Å². The smallest absolute Gasteiger partial charge is 0.243 e. The van der Waals surface area contributed by atoms with E-state index in [1.807, 2.05) is 0 Å². The number of aromatic nitrogens is 1. The number of benzene rings is 4. The Hall–Kier alpha value is -3.26. The first-order valence-electron chi connectivity index (χ1n) is 13.6. The van der Waals surface area contributed by atoms with E-state index in [0.29, 0.717) is 17.8 Å². The monoisotopic (exact) mass is 469 g/mol. The number of para-hydroxylation sites is 1. The number of rotatable bonds is 4. The van der Waals surface area contributed by atoms with E-state index < -0.39 is 0 Å². The normalized spacial score (nSPS) is 13.0. The van der Waals surface area contributed by atoms with Crippen LogP contribution in [0.25, 0.3) is 32.9 Å². The van der Waals surface area contributed by atoms with Gasteiger partial charge in [0.25, 0.3) is 0 Å². The Morgan fingerprint density at radius 3 is 1.89 bits per heavy atom. The molecule has 0 fully saturated rings. The molecule has 1 nitrogen and oxygen atoms in total. The first-order chi connectivity index (χ1) is 17.3. The van der Waals surface area contributed by atoms with Crippen LogP contribution in [-0.2, 0) is 7.05 Å². The molecule has 0 unspecified atom stereocenters. The molecule has 0 amide bonds. The van der Waals surface area contributed by atoms with Gasteiger partial charge in [-0.05, 0) is 57.7 Å². The molecule has 0 radical (unpaired) electrons. The quantitative estimate of drug-likeness (QED) is 0.241. The van der Waals surface area contributed by atoms with Crippen LogP contribution in [-0.4, -0.2) is 11.3 Å². The van der Waals surface area contributed by atoms with E-state index in [1.165, 1.54) is 66.0 Å². The lowest BCUT2D eigenvalue weighted by Gasteiger charge is -2.26. The van der Waals surface area contributed by atoms with E-state index >= 15 is 0 Å². The summed E-state index contributed by atoms with van der Waals surface area (Å²) in [6.45, 7) is 14.4. The van der Waals surface area contributed by atoms with Crippen LogP contribution in [0.3, 0.4) is 0 Å². The summed E-state index contributed by atoms with van der Waals surface area (Å²) in [6, 6.07) is 27.9. The maximum atomic E-state index is 2.52. The summed E-state index contributed by atoms with van der Waals surface area (Å²) in [7, 11) is 2.20. The third-order valence-electron chi connectivity index (χ3n) is 8.42. The summed E-state index contributed by atoms with van der Waals surface area (Å²) in [4.78, 5) is 0. The van der Waals surface area contributed by atoms with Gasteiger partial charge in [-0.25, -0.2) is 0 Å². The van der Waals surface area contributed by atoms with Crippen molar-refractivity contribution in [1.29, 1.82) is 0 Å². The second-order valence-electron chi connectivity index (χ2n) is 11.6. The highest BCUT2D eigenvalue weighted by atomic mass is 14.9. The minimum atomic E-state index is 0.260. The Balaban J connectivity index is 1.73. The Morgan fingerprint density at radius 2 is 1.22 bits per heavy atom. The Kier molecular flexibility index (Phi) is 5.41. The number of hydrogen-bond acceptors (Lipinski definition) is 0. The molecule has 5 aromatic rings. The molecular formula is C34H36BN. The lowest BCUT2D eigenvalue weighted by atomic mass is 9.36. The van der Waals surface area contributed by atoms with E-state index in [9.17, 15) is 0 Å². The number of nitrogens with zero attached hydrogens (tertiary/aromatic N) is 1. The Bertz CT molecular complexity index is 1600. The van der Waals surface area contributed by atoms with Crippen LogP contribution in [0.2, 0.25) is 0 Å². The SMILES string of the molecule is CC(C)c1cc(C(C)C)c(B2c3ccccc3-c3cc4c(cc32)c2ccccc2n4C)c(C(C)C)c1. The molecule has 36 heavy (non-hydrogen) atoms. The predicted molar refractivity (Wildman–Crippen MR) is 159 cm³/mol. The molecule has 180 valence electrons. The highest BCUT2D eigenvalue weighted by Crippen LogP contribution is 2.34. The molecule has 0 bridgehead atoms. The number of hydrogen-bond donors (Lipinski definition) is 0. The number of fused-ring (bicyclic) bond motifs is 6. The highest BCUT2D eigenvalue weighted by Gasteiger charge is 2.37. The molecule has 0 saturated carbocycles. The molecule has 1 aromatic heterocycles. The topological polar surface area (TPSA) is 4.93 Å². The van der Waals surface area contributed by atoms with Crippen LogP contribution in [0, 0.1) is 0 Å². The van der Waals surface area contributed by atoms with Gasteiger partial charge in [-0.15, -0.1) is 0 Å². The van der Waals surface area contributed by atoms with Crippen LogP contribution in [0.15, 0.2) is 72.8 Å². The third kappa shape index (κ3) is 3.30. The number of aryl methyl sites for hydroxylation is 1. The second-order valence-corrected chi connectivity index (χ2v) is 11.6. The summed E-state index contributed by atoms with van der Waals surface area (Å²) in [6.07, 6.45) is 0. The van der Waals surface area contributed by atoms with Crippen molar-refractivity contribution in [3.8, 4) is 11.1 Å². The van der Waals surface area contributed by atoms with Crippen LogP contribution in [0.5, 0.6) is 0 Å². The van der Waals surface area contributed by atoms with Crippen molar-refractivity contribution in [1.82, 2.24) is 4.57 Å². The Morgan fingerprint density at radius 1 is 0.583 bits per heavy atom. The maximum absolute atomic E-state index is 2.52.